The van der Waals surface area contributed by atoms with Gasteiger partial charge in [-0.2, -0.15) is 0 Å². The molecule has 0 aromatic heterocycles. The molecule has 0 atom stereocenters. The van der Waals surface area contributed by atoms with Gasteiger partial charge in [0, 0.05) is 0 Å². The van der Waals surface area contributed by atoms with Gasteiger partial charge < -0.3 is 14.2 Å². The van der Waals surface area contributed by atoms with E-state index in [0.717, 1.165) is 34.5 Å². The summed E-state index contributed by atoms with van der Waals surface area (Å²) in [5.74, 6) is 4.89. The van der Waals surface area contributed by atoms with Crippen molar-refractivity contribution in [2.24, 2.45) is 0 Å². The largest absolute Gasteiger partial charge is 0.457 e. The summed E-state index contributed by atoms with van der Waals surface area (Å²) >= 11 is 0. The molecule has 0 aliphatic heterocycles. The second-order valence-corrected chi connectivity index (χ2v) is 11.3. The van der Waals surface area contributed by atoms with Crippen LogP contribution in [0.15, 0.2) is 164 Å². The molecule has 0 N–H and O–H groups in total. The molecule has 0 saturated heterocycles. The molecule has 4 heteroatoms. The average molecular weight is 539 g/mol. The zero-order chi connectivity index (χ0) is 27.0. The first-order valence-corrected chi connectivity index (χ1v) is 14.4. The van der Waals surface area contributed by atoms with Crippen LogP contribution in [0.5, 0.6) is 34.5 Å². The third-order valence-corrected chi connectivity index (χ3v) is 8.67. The quantitative estimate of drug-likeness (QED) is 0.172. The summed E-state index contributed by atoms with van der Waals surface area (Å²) in [6.07, 6.45) is 0. The first-order valence-electron chi connectivity index (χ1n) is 13.1. The minimum Gasteiger partial charge on any atom is -0.457 e. The van der Waals surface area contributed by atoms with Crippen molar-refractivity contribution in [2.45, 2.75) is 0 Å². The van der Waals surface area contributed by atoms with Gasteiger partial charge in [-0.15, -0.1) is 0 Å². The fourth-order valence-corrected chi connectivity index (χ4v) is 6.55. The van der Waals surface area contributed by atoms with Crippen molar-refractivity contribution >= 4 is 23.8 Å². The minimum absolute atomic E-state index is 0.808. The summed E-state index contributed by atoms with van der Waals surface area (Å²) in [6, 6.07) is 54.7. The van der Waals surface area contributed by atoms with Gasteiger partial charge in [-0.25, -0.2) is 0 Å². The van der Waals surface area contributed by atoms with E-state index in [9.17, 15) is 0 Å². The van der Waals surface area contributed by atoms with E-state index in [-0.39, 0.29) is 0 Å². The Bertz CT molecular complexity index is 1420. The Balaban J connectivity index is 1.28. The van der Waals surface area contributed by atoms with E-state index in [2.05, 4.69) is 36.4 Å². The Morgan fingerprint density at radius 2 is 0.475 bits per heavy atom. The van der Waals surface area contributed by atoms with E-state index in [1.807, 2.05) is 127 Å². The molecule has 0 spiro atoms. The highest BCUT2D eigenvalue weighted by Gasteiger charge is 2.17. The van der Waals surface area contributed by atoms with Gasteiger partial charge in [0.1, 0.15) is 34.5 Å². The normalized spacial score (nSPS) is 10.7. The molecule has 0 radical (unpaired) electrons. The van der Waals surface area contributed by atoms with Crippen molar-refractivity contribution in [1.29, 1.82) is 0 Å². The summed E-state index contributed by atoms with van der Waals surface area (Å²) in [4.78, 5) is 0. The molecule has 0 bridgehead atoms. The molecule has 0 fully saturated rings. The van der Waals surface area contributed by atoms with Gasteiger partial charge in [0.15, 0.2) is 0 Å². The van der Waals surface area contributed by atoms with Crippen molar-refractivity contribution < 1.29 is 14.2 Å². The Kier molecular flexibility index (Phi) is 7.84. The molecule has 194 valence electrons. The lowest BCUT2D eigenvalue weighted by Crippen LogP contribution is -2.20. The summed E-state index contributed by atoms with van der Waals surface area (Å²) in [5, 5.41) is 3.68. The Hall–Kier alpha value is -4.85. The van der Waals surface area contributed by atoms with Crippen LogP contribution >= 0.6 is 7.92 Å². The number of hydrogen-bond acceptors (Lipinski definition) is 3. The fourth-order valence-electron chi connectivity index (χ4n) is 4.31. The van der Waals surface area contributed by atoms with Gasteiger partial charge >= 0.3 is 0 Å². The predicted molar refractivity (Wildman–Crippen MR) is 165 cm³/mol. The number of para-hydroxylation sites is 3. The molecular weight excluding hydrogens is 511 g/mol. The summed E-state index contributed by atoms with van der Waals surface area (Å²) < 4.78 is 18.1. The molecule has 6 rings (SSSR count). The number of ether oxygens (including phenoxy) is 3. The highest BCUT2D eigenvalue weighted by molar-refractivity contribution is 7.79. The van der Waals surface area contributed by atoms with Gasteiger partial charge in [-0.05, 0) is 96.6 Å². The summed E-state index contributed by atoms with van der Waals surface area (Å²) in [5.41, 5.74) is 0. The van der Waals surface area contributed by atoms with Gasteiger partial charge in [0.2, 0.25) is 0 Å². The van der Waals surface area contributed by atoms with Crippen LogP contribution in [-0.4, -0.2) is 0 Å². The van der Waals surface area contributed by atoms with E-state index in [1.165, 1.54) is 15.9 Å². The number of benzene rings is 6. The first kappa shape index (κ1) is 25.4. The van der Waals surface area contributed by atoms with Gasteiger partial charge in [-0.3, -0.25) is 0 Å². The van der Waals surface area contributed by atoms with E-state index in [0.29, 0.717) is 0 Å². The van der Waals surface area contributed by atoms with Crippen LogP contribution in [0.1, 0.15) is 0 Å². The molecule has 0 aliphatic carbocycles. The van der Waals surface area contributed by atoms with Gasteiger partial charge in [0.25, 0.3) is 0 Å². The molecule has 6 aromatic carbocycles. The molecule has 0 heterocycles. The van der Waals surface area contributed by atoms with Crippen molar-refractivity contribution in [1.82, 2.24) is 0 Å². The van der Waals surface area contributed by atoms with E-state index in [4.69, 9.17) is 14.2 Å². The minimum atomic E-state index is -0.828. The fraction of sp³-hybridized carbons (Fsp3) is 0. The summed E-state index contributed by atoms with van der Waals surface area (Å²) in [7, 11) is -0.828. The Labute approximate surface area is 236 Å². The maximum absolute atomic E-state index is 6.04. The molecule has 40 heavy (non-hydrogen) atoms. The van der Waals surface area contributed by atoms with E-state index < -0.39 is 7.92 Å². The Morgan fingerprint density at radius 3 is 0.725 bits per heavy atom. The van der Waals surface area contributed by atoms with Crippen molar-refractivity contribution in [2.75, 3.05) is 0 Å². The topological polar surface area (TPSA) is 27.7 Å². The molecular formula is C36H27O3P. The highest BCUT2D eigenvalue weighted by atomic mass is 31.1. The monoisotopic (exact) mass is 538 g/mol. The van der Waals surface area contributed by atoms with Crippen LogP contribution in [-0.2, 0) is 0 Å². The van der Waals surface area contributed by atoms with E-state index in [1.54, 1.807) is 0 Å². The Morgan fingerprint density at radius 1 is 0.250 bits per heavy atom. The molecule has 6 aromatic rings. The van der Waals surface area contributed by atoms with Gasteiger partial charge in [0.05, 0.1) is 0 Å². The summed E-state index contributed by atoms with van der Waals surface area (Å²) in [6.45, 7) is 0. The van der Waals surface area contributed by atoms with Crippen molar-refractivity contribution in [3.05, 3.63) is 164 Å². The van der Waals surface area contributed by atoms with Crippen LogP contribution < -0.4 is 30.1 Å². The maximum Gasteiger partial charge on any atom is 0.127 e. The maximum atomic E-state index is 6.04. The molecule has 0 aliphatic rings. The first-order chi connectivity index (χ1) is 19.8. The van der Waals surface area contributed by atoms with Crippen LogP contribution in [0.3, 0.4) is 0 Å². The third kappa shape index (κ3) is 6.40. The number of rotatable bonds is 9. The lowest BCUT2D eigenvalue weighted by molar-refractivity contribution is 0.482. The second kappa shape index (κ2) is 12.3. The third-order valence-electron chi connectivity index (χ3n) is 6.22. The van der Waals surface area contributed by atoms with Crippen LogP contribution in [0.4, 0.5) is 0 Å². The van der Waals surface area contributed by atoms with E-state index >= 15 is 0 Å². The van der Waals surface area contributed by atoms with Gasteiger partial charge in [-0.1, -0.05) is 91.0 Å². The highest BCUT2D eigenvalue weighted by Crippen LogP contribution is 2.36. The van der Waals surface area contributed by atoms with Crippen LogP contribution in [0, 0.1) is 0 Å². The number of hydrogen-bond donors (Lipinski definition) is 0. The lowest BCUT2D eigenvalue weighted by Gasteiger charge is -2.20. The smallest absolute Gasteiger partial charge is 0.127 e. The zero-order valence-corrected chi connectivity index (χ0v) is 22.7. The van der Waals surface area contributed by atoms with Crippen LogP contribution in [0.25, 0.3) is 0 Å². The molecule has 3 nitrogen and oxygen atoms in total. The molecule has 0 unspecified atom stereocenters. The predicted octanol–water partition coefficient (Wildman–Crippen LogP) is 8.82. The van der Waals surface area contributed by atoms with Crippen molar-refractivity contribution in [3.63, 3.8) is 0 Å². The standard InChI is InChI=1S/C36H27O3P/c1-4-10-28(11-5-1)37-31-16-22-34(23-17-31)40(35-24-18-32(19-25-35)38-29-12-6-2-7-13-29)36-26-20-33(21-27-36)39-30-14-8-3-9-15-30/h1-27H. The molecule has 0 amide bonds. The second-order valence-electron chi connectivity index (χ2n) is 9.06. The SMILES string of the molecule is c1ccc(Oc2ccc(P(c3ccc(Oc4ccccc4)cc3)c3ccc(Oc4ccccc4)cc3)cc2)cc1. The molecule has 0 saturated carbocycles. The van der Waals surface area contributed by atoms with Crippen LogP contribution in [0.2, 0.25) is 0 Å². The average Bonchev–Trinajstić information content (AvgIpc) is 3.01. The zero-order valence-electron chi connectivity index (χ0n) is 21.8. The van der Waals surface area contributed by atoms with Crippen molar-refractivity contribution in [3.8, 4) is 34.5 Å². The lowest BCUT2D eigenvalue weighted by atomic mass is 10.3.